The van der Waals surface area contributed by atoms with Gasteiger partial charge in [-0.25, -0.2) is 0 Å². The van der Waals surface area contributed by atoms with Crippen molar-refractivity contribution >= 4 is 29.1 Å². The molecule has 0 saturated heterocycles. The molecule has 0 unspecified atom stereocenters. The van der Waals surface area contributed by atoms with E-state index >= 15 is 0 Å². The molecular formula is C17H15Cl2NO4. The van der Waals surface area contributed by atoms with Crippen molar-refractivity contribution in [3.8, 4) is 17.2 Å². The molecule has 1 aliphatic heterocycles. The molecule has 24 heavy (non-hydrogen) atoms. The van der Waals surface area contributed by atoms with Crippen molar-refractivity contribution in [1.82, 2.24) is 5.32 Å². The van der Waals surface area contributed by atoms with E-state index in [2.05, 4.69) is 5.32 Å². The molecule has 1 N–H and O–H groups in total. The van der Waals surface area contributed by atoms with Crippen LogP contribution < -0.4 is 19.5 Å². The van der Waals surface area contributed by atoms with E-state index in [4.69, 9.17) is 37.4 Å². The van der Waals surface area contributed by atoms with Gasteiger partial charge in [-0.2, -0.15) is 0 Å². The summed E-state index contributed by atoms with van der Waals surface area (Å²) >= 11 is 11.8. The van der Waals surface area contributed by atoms with Gasteiger partial charge in [0, 0.05) is 17.1 Å². The first kappa shape index (κ1) is 16.7. The lowest BCUT2D eigenvalue weighted by atomic mass is 10.1. The maximum absolute atomic E-state index is 12.0. The number of nitrogens with one attached hydrogen (secondary N) is 1. The lowest BCUT2D eigenvalue weighted by Gasteiger charge is -2.21. The van der Waals surface area contributed by atoms with Crippen LogP contribution in [0.2, 0.25) is 10.0 Å². The first-order valence-corrected chi connectivity index (χ1v) is 8.11. The minimum absolute atomic E-state index is 0.145. The molecule has 2 aromatic rings. The molecule has 1 amide bonds. The van der Waals surface area contributed by atoms with Gasteiger partial charge in [0.15, 0.2) is 18.1 Å². The van der Waals surface area contributed by atoms with Crippen molar-refractivity contribution < 1.29 is 19.0 Å². The Bertz CT molecular complexity index is 751. The third-order valence-corrected chi connectivity index (χ3v) is 3.91. The largest absolute Gasteiger partial charge is 0.486 e. The van der Waals surface area contributed by atoms with E-state index in [9.17, 15) is 4.79 Å². The topological polar surface area (TPSA) is 56.8 Å². The fourth-order valence-electron chi connectivity index (χ4n) is 2.25. The predicted octanol–water partition coefficient (Wildman–Crippen LogP) is 3.46. The number of fused-ring (bicyclic) bond motifs is 1. The number of halogens is 2. The summed E-state index contributed by atoms with van der Waals surface area (Å²) in [5, 5.41) is 3.65. The Hall–Kier alpha value is -2.11. The van der Waals surface area contributed by atoms with Crippen LogP contribution in [0, 0.1) is 0 Å². The number of ether oxygens (including phenoxy) is 3. The first-order valence-electron chi connectivity index (χ1n) is 7.35. The van der Waals surface area contributed by atoms with Gasteiger partial charge in [-0.1, -0.05) is 35.3 Å². The van der Waals surface area contributed by atoms with Crippen molar-refractivity contribution in [2.45, 2.75) is 6.54 Å². The quantitative estimate of drug-likeness (QED) is 0.878. The van der Waals surface area contributed by atoms with E-state index in [1.807, 2.05) is 18.2 Å². The van der Waals surface area contributed by atoms with Crippen LogP contribution in [0.3, 0.4) is 0 Å². The molecule has 126 valence electrons. The number of rotatable bonds is 5. The van der Waals surface area contributed by atoms with E-state index in [1.165, 1.54) is 0 Å². The molecule has 7 heteroatoms. The van der Waals surface area contributed by atoms with Crippen LogP contribution >= 0.6 is 23.2 Å². The molecule has 0 saturated carbocycles. The number of para-hydroxylation sites is 1. The summed E-state index contributed by atoms with van der Waals surface area (Å²) in [5.41, 5.74) is 0.852. The average molecular weight is 368 g/mol. The maximum atomic E-state index is 12.0. The van der Waals surface area contributed by atoms with Crippen LogP contribution in [0.5, 0.6) is 17.2 Å². The van der Waals surface area contributed by atoms with Gasteiger partial charge in [0.25, 0.3) is 5.91 Å². The molecule has 5 nitrogen and oxygen atoms in total. The number of amides is 1. The van der Waals surface area contributed by atoms with Gasteiger partial charge in [0.05, 0.1) is 5.02 Å². The van der Waals surface area contributed by atoms with Crippen LogP contribution in [-0.4, -0.2) is 25.7 Å². The Kier molecular flexibility index (Phi) is 5.33. The normalized spacial score (nSPS) is 12.6. The molecule has 0 bridgehead atoms. The van der Waals surface area contributed by atoms with E-state index in [1.54, 1.807) is 18.2 Å². The summed E-state index contributed by atoms with van der Waals surface area (Å²) in [6, 6.07) is 10.4. The highest BCUT2D eigenvalue weighted by atomic mass is 35.5. The molecule has 0 spiro atoms. The van der Waals surface area contributed by atoms with Crippen LogP contribution in [0.1, 0.15) is 5.56 Å². The van der Waals surface area contributed by atoms with Crippen molar-refractivity contribution in [3.63, 3.8) is 0 Å². The Morgan fingerprint density at radius 1 is 1.17 bits per heavy atom. The molecule has 0 atom stereocenters. The van der Waals surface area contributed by atoms with Gasteiger partial charge >= 0.3 is 0 Å². The van der Waals surface area contributed by atoms with Gasteiger partial charge < -0.3 is 19.5 Å². The van der Waals surface area contributed by atoms with Crippen LogP contribution in [-0.2, 0) is 11.3 Å². The zero-order valence-electron chi connectivity index (χ0n) is 12.7. The van der Waals surface area contributed by atoms with Crippen LogP contribution in [0.4, 0.5) is 0 Å². The summed E-state index contributed by atoms with van der Waals surface area (Å²) in [4.78, 5) is 12.0. The van der Waals surface area contributed by atoms with Gasteiger partial charge in [-0.15, -0.1) is 0 Å². The Labute approximate surface area is 149 Å². The highest BCUT2D eigenvalue weighted by Crippen LogP contribution is 2.33. The third kappa shape index (κ3) is 4.04. The van der Waals surface area contributed by atoms with Crippen molar-refractivity contribution in [2.24, 2.45) is 0 Å². The molecular weight excluding hydrogens is 353 g/mol. The number of hydrogen-bond acceptors (Lipinski definition) is 4. The van der Waals surface area contributed by atoms with Crippen molar-refractivity contribution in [3.05, 3.63) is 52.0 Å². The predicted molar refractivity (Wildman–Crippen MR) is 91.2 cm³/mol. The van der Waals surface area contributed by atoms with E-state index in [-0.39, 0.29) is 12.5 Å². The minimum atomic E-state index is -0.268. The average Bonchev–Trinajstić information content (AvgIpc) is 2.59. The van der Waals surface area contributed by atoms with Gasteiger partial charge in [0.2, 0.25) is 0 Å². The third-order valence-electron chi connectivity index (χ3n) is 3.38. The standard InChI is InChI=1S/C17H15Cl2NO4/c18-12-4-5-14(13(19)8-12)24-10-16(21)20-9-11-2-1-3-15-17(11)23-7-6-22-15/h1-5,8H,6-7,9-10H2,(H,20,21). The zero-order valence-corrected chi connectivity index (χ0v) is 14.2. The van der Waals surface area contributed by atoms with Crippen LogP contribution in [0.15, 0.2) is 36.4 Å². The molecule has 0 aliphatic carbocycles. The SMILES string of the molecule is O=C(COc1ccc(Cl)cc1Cl)NCc1cccc2c1OCCO2. The first-order chi connectivity index (χ1) is 11.6. The molecule has 1 heterocycles. The van der Waals surface area contributed by atoms with Crippen molar-refractivity contribution in [2.75, 3.05) is 19.8 Å². The number of carbonyl (C=O) groups excluding carboxylic acids is 1. The fourth-order valence-corrected chi connectivity index (χ4v) is 2.72. The van der Waals surface area contributed by atoms with Gasteiger partial charge in [-0.3, -0.25) is 4.79 Å². The summed E-state index contributed by atoms with van der Waals surface area (Å²) in [5.74, 6) is 1.50. The van der Waals surface area contributed by atoms with E-state index < -0.39 is 0 Å². The molecule has 1 aliphatic rings. The lowest BCUT2D eigenvalue weighted by molar-refractivity contribution is -0.123. The minimum Gasteiger partial charge on any atom is -0.486 e. The molecule has 2 aromatic carbocycles. The summed E-state index contributed by atoms with van der Waals surface area (Å²) < 4.78 is 16.5. The van der Waals surface area contributed by atoms with E-state index in [0.717, 1.165) is 5.56 Å². The zero-order chi connectivity index (χ0) is 16.9. The van der Waals surface area contributed by atoms with Crippen LogP contribution in [0.25, 0.3) is 0 Å². The molecule has 3 rings (SSSR count). The number of carbonyl (C=O) groups is 1. The summed E-state index contributed by atoms with van der Waals surface area (Å²) in [6.07, 6.45) is 0. The molecule has 0 radical (unpaired) electrons. The second-order valence-corrected chi connectivity index (χ2v) is 5.93. The summed E-state index contributed by atoms with van der Waals surface area (Å²) in [6.45, 7) is 1.20. The smallest absolute Gasteiger partial charge is 0.258 e. The highest BCUT2D eigenvalue weighted by molar-refractivity contribution is 6.35. The second kappa shape index (κ2) is 7.64. The molecule has 0 fully saturated rings. The Balaban J connectivity index is 1.54. The van der Waals surface area contributed by atoms with Crippen molar-refractivity contribution in [1.29, 1.82) is 0 Å². The fraction of sp³-hybridized carbons (Fsp3) is 0.235. The number of benzene rings is 2. The number of hydrogen-bond donors (Lipinski definition) is 1. The van der Waals surface area contributed by atoms with Gasteiger partial charge in [0.1, 0.15) is 19.0 Å². The maximum Gasteiger partial charge on any atom is 0.258 e. The lowest BCUT2D eigenvalue weighted by Crippen LogP contribution is -2.29. The second-order valence-electron chi connectivity index (χ2n) is 5.08. The van der Waals surface area contributed by atoms with E-state index in [0.29, 0.717) is 47.1 Å². The molecule has 0 aromatic heterocycles. The Morgan fingerprint density at radius 2 is 2.00 bits per heavy atom. The highest BCUT2D eigenvalue weighted by Gasteiger charge is 2.16. The van der Waals surface area contributed by atoms with Gasteiger partial charge in [-0.05, 0) is 24.3 Å². The Morgan fingerprint density at radius 3 is 2.83 bits per heavy atom. The monoisotopic (exact) mass is 367 g/mol. The summed E-state index contributed by atoms with van der Waals surface area (Å²) in [7, 11) is 0.